The fourth-order valence-corrected chi connectivity index (χ4v) is 2.26. The van der Waals surface area contributed by atoms with Crippen molar-refractivity contribution in [3.8, 4) is 5.75 Å². The second-order valence-electron chi connectivity index (χ2n) is 4.73. The van der Waals surface area contributed by atoms with E-state index < -0.39 is 0 Å². The minimum absolute atomic E-state index is 0.0473. The number of anilines is 2. The SMILES string of the molecule is CCNc1ncnc(NCC2(OC)CCC2)c1OC. The molecule has 0 unspecified atom stereocenters. The predicted octanol–water partition coefficient (Wildman–Crippen LogP) is 1.90. The second kappa shape index (κ2) is 6.06. The Morgan fingerprint density at radius 3 is 2.37 bits per heavy atom. The topological polar surface area (TPSA) is 68.3 Å². The summed E-state index contributed by atoms with van der Waals surface area (Å²) in [6, 6.07) is 0. The minimum atomic E-state index is -0.0473. The van der Waals surface area contributed by atoms with Crippen molar-refractivity contribution in [1.29, 1.82) is 0 Å². The summed E-state index contributed by atoms with van der Waals surface area (Å²) in [6.45, 7) is 3.54. The van der Waals surface area contributed by atoms with Gasteiger partial charge in [0.1, 0.15) is 6.33 Å². The number of ether oxygens (including phenoxy) is 2. The maximum absolute atomic E-state index is 5.58. The first-order valence-electron chi connectivity index (χ1n) is 6.66. The minimum Gasteiger partial charge on any atom is -0.490 e. The standard InChI is InChI=1S/C13H22N4O2/c1-4-14-11-10(18-2)12(17-9-16-11)15-8-13(19-3)6-5-7-13/h9H,4-8H2,1-3H3,(H2,14,15,16,17). The summed E-state index contributed by atoms with van der Waals surface area (Å²) in [6.07, 6.45) is 4.93. The first-order chi connectivity index (χ1) is 9.24. The molecule has 0 saturated heterocycles. The number of hydrogen-bond acceptors (Lipinski definition) is 6. The van der Waals surface area contributed by atoms with Gasteiger partial charge in [-0.15, -0.1) is 0 Å². The van der Waals surface area contributed by atoms with Crippen LogP contribution >= 0.6 is 0 Å². The van der Waals surface area contributed by atoms with Crippen molar-refractivity contribution < 1.29 is 9.47 Å². The summed E-state index contributed by atoms with van der Waals surface area (Å²) in [7, 11) is 3.39. The molecule has 6 heteroatoms. The van der Waals surface area contributed by atoms with E-state index in [1.165, 1.54) is 12.7 Å². The second-order valence-corrected chi connectivity index (χ2v) is 4.73. The van der Waals surface area contributed by atoms with Crippen molar-refractivity contribution in [2.24, 2.45) is 0 Å². The Bertz CT molecular complexity index is 416. The van der Waals surface area contributed by atoms with Crippen LogP contribution in [0.1, 0.15) is 26.2 Å². The number of aromatic nitrogens is 2. The predicted molar refractivity (Wildman–Crippen MR) is 74.8 cm³/mol. The third-order valence-corrected chi connectivity index (χ3v) is 3.63. The number of nitrogens with zero attached hydrogens (tertiary/aromatic N) is 2. The summed E-state index contributed by atoms with van der Waals surface area (Å²) in [5.41, 5.74) is -0.0473. The molecule has 0 aromatic carbocycles. The van der Waals surface area contributed by atoms with Crippen LogP contribution in [-0.4, -0.2) is 42.9 Å². The molecule has 0 aliphatic heterocycles. The van der Waals surface area contributed by atoms with E-state index in [1.807, 2.05) is 6.92 Å². The molecule has 1 saturated carbocycles. The van der Waals surface area contributed by atoms with Crippen LogP contribution in [0.5, 0.6) is 5.75 Å². The van der Waals surface area contributed by atoms with Gasteiger partial charge in [-0.2, -0.15) is 0 Å². The highest BCUT2D eigenvalue weighted by atomic mass is 16.5. The molecule has 0 atom stereocenters. The Hall–Kier alpha value is -1.56. The lowest BCUT2D eigenvalue weighted by atomic mass is 9.80. The van der Waals surface area contributed by atoms with Crippen molar-refractivity contribution in [2.75, 3.05) is 37.9 Å². The molecule has 19 heavy (non-hydrogen) atoms. The smallest absolute Gasteiger partial charge is 0.204 e. The van der Waals surface area contributed by atoms with Gasteiger partial charge in [-0.25, -0.2) is 9.97 Å². The molecule has 6 nitrogen and oxygen atoms in total. The van der Waals surface area contributed by atoms with E-state index in [9.17, 15) is 0 Å². The van der Waals surface area contributed by atoms with Crippen LogP contribution in [0.2, 0.25) is 0 Å². The van der Waals surface area contributed by atoms with Crippen LogP contribution in [0.25, 0.3) is 0 Å². The van der Waals surface area contributed by atoms with Gasteiger partial charge < -0.3 is 20.1 Å². The van der Waals surface area contributed by atoms with Crippen molar-refractivity contribution in [1.82, 2.24) is 9.97 Å². The van der Waals surface area contributed by atoms with Gasteiger partial charge in [0, 0.05) is 20.2 Å². The molecule has 106 valence electrons. The van der Waals surface area contributed by atoms with Crippen LogP contribution in [-0.2, 0) is 4.74 Å². The lowest BCUT2D eigenvalue weighted by Crippen LogP contribution is -2.45. The Labute approximate surface area is 113 Å². The van der Waals surface area contributed by atoms with Gasteiger partial charge in [0.15, 0.2) is 11.6 Å². The highest BCUT2D eigenvalue weighted by molar-refractivity contribution is 5.63. The molecule has 1 heterocycles. The number of nitrogens with one attached hydrogen (secondary N) is 2. The first kappa shape index (κ1) is 13.9. The number of hydrogen-bond donors (Lipinski definition) is 2. The van der Waals surface area contributed by atoms with Crippen LogP contribution < -0.4 is 15.4 Å². The molecule has 1 aliphatic rings. The van der Waals surface area contributed by atoms with Crippen LogP contribution in [0.15, 0.2) is 6.33 Å². The summed E-state index contributed by atoms with van der Waals surface area (Å²) >= 11 is 0. The summed E-state index contributed by atoms with van der Waals surface area (Å²) < 4.78 is 11.0. The maximum Gasteiger partial charge on any atom is 0.204 e. The highest BCUT2D eigenvalue weighted by Gasteiger charge is 2.37. The molecule has 0 bridgehead atoms. The molecule has 2 rings (SSSR count). The largest absolute Gasteiger partial charge is 0.490 e. The Morgan fingerprint density at radius 1 is 1.21 bits per heavy atom. The molecule has 2 N–H and O–H groups in total. The van der Waals surface area contributed by atoms with Crippen molar-refractivity contribution >= 4 is 11.6 Å². The highest BCUT2D eigenvalue weighted by Crippen LogP contribution is 2.36. The summed E-state index contributed by atoms with van der Waals surface area (Å²) in [4.78, 5) is 8.43. The van der Waals surface area contributed by atoms with Crippen molar-refractivity contribution in [2.45, 2.75) is 31.8 Å². The van der Waals surface area contributed by atoms with Gasteiger partial charge in [0.2, 0.25) is 5.75 Å². The van der Waals surface area contributed by atoms with Gasteiger partial charge in [0.25, 0.3) is 0 Å². The molecule has 1 aromatic rings. The molecular weight excluding hydrogens is 244 g/mol. The molecule has 0 amide bonds. The average Bonchev–Trinajstić information content (AvgIpc) is 2.38. The zero-order valence-electron chi connectivity index (χ0n) is 11.8. The molecular formula is C13H22N4O2. The van der Waals surface area contributed by atoms with Crippen molar-refractivity contribution in [3.05, 3.63) is 6.33 Å². The molecule has 0 radical (unpaired) electrons. The number of methoxy groups -OCH3 is 2. The first-order valence-corrected chi connectivity index (χ1v) is 6.66. The van der Waals surface area contributed by atoms with E-state index in [0.29, 0.717) is 17.4 Å². The quantitative estimate of drug-likeness (QED) is 0.785. The van der Waals surface area contributed by atoms with Gasteiger partial charge >= 0.3 is 0 Å². The Morgan fingerprint density at radius 2 is 1.89 bits per heavy atom. The van der Waals surface area contributed by atoms with E-state index >= 15 is 0 Å². The maximum atomic E-state index is 5.58. The molecule has 0 spiro atoms. The zero-order chi connectivity index (χ0) is 13.7. The molecule has 1 aromatic heterocycles. The Balaban J connectivity index is 2.08. The monoisotopic (exact) mass is 266 g/mol. The van der Waals surface area contributed by atoms with Crippen molar-refractivity contribution in [3.63, 3.8) is 0 Å². The van der Waals surface area contributed by atoms with E-state index in [0.717, 1.165) is 25.9 Å². The summed E-state index contributed by atoms with van der Waals surface area (Å²) in [5.74, 6) is 2.06. The molecule has 1 aliphatic carbocycles. The lowest BCUT2D eigenvalue weighted by Gasteiger charge is -2.40. The fourth-order valence-electron chi connectivity index (χ4n) is 2.26. The van der Waals surface area contributed by atoms with E-state index in [4.69, 9.17) is 9.47 Å². The lowest BCUT2D eigenvalue weighted by molar-refractivity contribution is -0.0601. The van der Waals surface area contributed by atoms with E-state index in [-0.39, 0.29) is 5.60 Å². The third-order valence-electron chi connectivity index (χ3n) is 3.63. The van der Waals surface area contributed by atoms with E-state index in [2.05, 4.69) is 20.6 Å². The van der Waals surface area contributed by atoms with Crippen LogP contribution in [0.3, 0.4) is 0 Å². The van der Waals surface area contributed by atoms with Crippen LogP contribution in [0, 0.1) is 0 Å². The van der Waals surface area contributed by atoms with Gasteiger partial charge in [-0.3, -0.25) is 0 Å². The van der Waals surface area contributed by atoms with Gasteiger partial charge in [0.05, 0.1) is 12.7 Å². The average molecular weight is 266 g/mol. The summed E-state index contributed by atoms with van der Waals surface area (Å²) in [5, 5.41) is 6.47. The fraction of sp³-hybridized carbons (Fsp3) is 0.692. The van der Waals surface area contributed by atoms with E-state index in [1.54, 1.807) is 14.2 Å². The van der Waals surface area contributed by atoms with Gasteiger partial charge in [-0.05, 0) is 26.2 Å². The number of rotatable bonds is 7. The zero-order valence-corrected chi connectivity index (χ0v) is 11.8. The van der Waals surface area contributed by atoms with Crippen LogP contribution in [0.4, 0.5) is 11.6 Å². The normalized spacial score (nSPS) is 16.6. The van der Waals surface area contributed by atoms with Gasteiger partial charge in [-0.1, -0.05) is 0 Å². The third kappa shape index (κ3) is 2.89. The molecule has 1 fully saturated rings. The Kier molecular flexibility index (Phi) is 4.42.